The molecule has 4 heteroatoms. The Bertz CT molecular complexity index is 737. The van der Waals surface area contributed by atoms with Crippen LogP contribution in [0.1, 0.15) is 10.4 Å². The lowest BCUT2D eigenvalue weighted by molar-refractivity contribution is 0.100. The Morgan fingerprint density at radius 2 is 1.76 bits per heavy atom. The van der Waals surface area contributed by atoms with Crippen LogP contribution in [0.4, 0.5) is 0 Å². The summed E-state index contributed by atoms with van der Waals surface area (Å²) in [7, 11) is 0. The summed E-state index contributed by atoms with van der Waals surface area (Å²) in [6, 6.07) is 9.08. The number of rotatable bonds is 1. The second-order valence-corrected chi connectivity index (χ2v) is 3.76. The van der Waals surface area contributed by atoms with Crippen molar-refractivity contribution >= 4 is 27.7 Å². The van der Waals surface area contributed by atoms with Crippen molar-refractivity contribution in [3.05, 3.63) is 48.3 Å². The molecule has 1 aromatic carbocycles. The highest BCUT2D eigenvalue weighted by molar-refractivity contribution is 6.14. The van der Waals surface area contributed by atoms with E-state index in [4.69, 9.17) is 5.73 Å². The summed E-state index contributed by atoms with van der Waals surface area (Å²) in [5, 5.41) is 1.61. The summed E-state index contributed by atoms with van der Waals surface area (Å²) in [4.78, 5) is 20.0. The molecule has 82 valence electrons. The molecule has 0 unspecified atom stereocenters. The molecule has 0 saturated heterocycles. The first-order valence-corrected chi connectivity index (χ1v) is 5.19. The minimum Gasteiger partial charge on any atom is -0.366 e. The largest absolute Gasteiger partial charge is 0.366 e. The van der Waals surface area contributed by atoms with Crippen molar-refractivity contribution in [1.82, 2.24) is 9.97 Å². The highest BCUT2D eigenvalue weighted by atomic mass is 16.1. The third-order valence-electron chi connectivity index (χ3n) is 2.73. The Kier molecular flexibility index (Phi) is 2.01. The first-order chi connectivity index (χ1) is 8.27. The van der Waals surface area contributed by atoms with Crippen LogP contribution in [0.25, 0.3) is 21.8 Å². The zero-order valence-corrected chi connectivity index (χ0v) is 8.92. The average Bonchev–Trinajstić information content (AvgIpc) is 2.37. The van der Waals surface area contributed by atoms with Crippen molar-refractivity contribution < 1.29 is 4.79 Å². The molecule has 2 N–H and O–H groups in total. The summed E-state index contributed by atoms with van der Waals surface area (Å²) in [5.41, 5.74) is 7.36. The Balaban J connectivity index is 2.59. The van der Waals surface area contributed by atoms with Gasteiger partial charge in [-0.2, -0.15) is 0 Å². The van der Waals surface area contributed by atoms with E-state index in [2.05, 4.69) is 9.97 Å². The van der Waals surface area contributed by atoms with Crippen molar-refractivity contribution in [3.8, 4) is 0 Å². The van der Waals surface area contributed by atoms with E-state index in [1.807, 2.05) is 18.2 Å². The lowest BCUT2D eigenvalue weighted by atomic mass is 10.0. The summed E-state index contributed by atoms with van der Waals surface area (Å²) in [5.74, 6) is -0.450. The normalized spacial score (nSPS) is 10.8. The Hall–Kier alpha value is -2.49. The summed E-state index contributed by atoms with van der Waals surface area (Å²) >= 11 is 0. The third-order valence-corrected chi connectivity index (χ3v) is 2.73. The van der Waals surface area contributed by atoms with Gasteiger partial charge in [-0.3, -0.25) is 14.8 Å². The zero-order chi connectivity index (χ0) is 11.8. The van der Waals surface area contributed by atoms with E-state index in [1.54, 1.807) is 24.5 Å². The van der Waals surface area contributed by atoms with Crippen LogP contribution in [-0.2, 0) is 0 Å². The van der Waals surface area contributed by atoms with Crippen LogP contribution < -0.4 is 5.73 Å². The molecule has 1 amide bonds. The highest BCUT2D eigenvalue weighted by Crippen LogP contribution is 2.25. The number of amides is 1. The molecule has 4 nitrogen and oxygen atoms in total. The molecule has 3 aromatic rings. The first kappa shape index (κ1) is 9.72. The zero-order valence-electron chi connectivity index (χ0n) is 8.92. The van der Waals surface area contributed by atoms with Gasteiger partial charge in [0.05, 0.1) is 11.0 Å². The van der Waals surface area contributed by atoms with E-state index in [-0.39, 0.29) is 0 Å². The molecule has 0 saturated carbocycles. The molecule has 2 aromatic heterocycles. The van der Waals surface area contributed by atoms with Crippen molar-refractivity contribution in [1.29, 1.82) is 0 Å². The number of hydrogen-bond donors (Lipinski definition) is 1. The molecule has 0 spiro atoms. The number of carbonyl (C=O) groups excluding carboxylic acids is 1. The topological polar surface area (TPSA) is 68.9 Å². The molecule has 0 bridgehead atoms. The Labute approximate surface area is 97.1 Å². The second-order valence-electron chi connectivity index (χ2n) is 3.76. The van der Waals surface area contributed by atoms with Crippen molar-refractivity contribution in [2.45, 2.75) is 0 Å². The average molecular weight is 223 g/mol. The number of nitrogens with two attached hydrogens (primary N) is 1. The molecule has 0 aliphatic heterocycles. The monoisotopic (exact) mass is 223 g/mol. The van der Waals surface area contributed by atoms with Gasteiger partial charge in [-0.05, 0) is 18.2 Å². The second kappa shape index (κ2) is 3.52. The molecule has 0 aliphatic rings. The third kappa shape index (κ3) is 1.42. The van der Waals surface area contributed by atoms with Crippen LogP contribution in [0.3, 0.4) is 0 Å². The van der Waals surface area contributed by atoms with Crippen molar-refractivity contribution in [3.63, 3.8) is 0 Å². The van der Waals surface area contributed by atoms with E-state index < -0.39 is 5.91 Å². The van der Waals surface area contributed by atoms with Crippen molar-refractivity contribution in [2.75, 3.05) is 0 Å². The van der Waals surface area contributed by atoms with Gasteiger partial charge in [0.15, 0.2) is 0 Å². The van der Waals surface area contributed by atoms with Crippen LogP contribution in [0.5, 0.6) is 0 Å². The maximum Gasteiger partial charge on any atom is 0.249 e. The van der Waals surface area contributed by atoms with Crippen molar-refractivity contribution in [2.24, 2.45) is 5.73 Å². The Morgan fingerprint density at radius 1 is 1.06 bits per heavy atom. The number of hydrogen-bond acceptors (Lipinski definition) is 3. The summed E-state index contributed by atoms with van der Waals surface area (Å²) in [6.07, 6.45) is 3.39. The molecule has 0 radical (unpaired) electrons. The fraction of sp³-hybridized carbons (Fsp3) is 0. The minimum atomic E-state index is -0.450. The number of carbonyl (C=O) groups is 1. The summed E-state index contributed by atoms with van der Waals surface area (Å²) in [6.45, 7) is 0. The maximum atomic E-state index is 11.4. The number of nitrogens with zero attached hydrogens (tertiary/aromatic N) is 2. The molecule has 2 heterocycles. The van der Waals surface area contributed by atoms with Gasteiger partial charge in [0, 0.05) is 28.7 Å². The number of primary amides is 1. The number of benzene rings is 1. The van der Waals surface area contributed by atoms with Gasteiger partial charge in [0.25, 0.3) is 0 Å². The van der Waals surface area contributed by atoms with Gasteiger partial charge in [-0.1, -0.05) is 12.1 Å². The Morgan fingerprint density at radius 3 is 2.53 bits per heavy atom. The van der Waals surface area contributed by atoms with E-state index in [9.17, 15) is 4.79 Å². The SMILES string of the molecule is NC(=O)c1cc2cccnc2c2ncccc12. The predicted octanol–water partition coefficient (Wildman–Crippen LogP) is 1.88. The fourth-order valence-electron chi connectivity index (χ4n) is 1.98. The van der Waals surface area contributed by atoms with Gasteiger partial charge in [0.1, 0.15) is 0 Å². The highest BCUT2D eigenvalue weighted by Gasteiger charge is 2.11. The summed E-state index contributed by atoms with van der Waals surface area (Å²) < 4.78 is 0. The smallest absolute Gasteiger partial charge is 0.249 e. The predicted molar refractivity (Wildman–Crippen MR) is 65.6 cm³/mol. The standard InChI is InChI=1S/C13H9N3O/c14-13(17)10-7-8-3-1-5-15-11(8)12-9(10)4-2-6-16-12/h1-7H,(H2,14,17). The maximum absolute atomic E-state index is 11.4. The van der Waals surface area contributed by atoms with Gasteiger partial charge < -0.3 is 5.73 Å². The van der Waals surface area contributed by atoms with Crippen LogP contribution in [0.15, 0.2) is 42.7 Å². The quantitative estimate of drug-likeness (QED) is 0.640. The molecule has 0 atom stereocenters. The lowest BCUT2D eigenvalue weighted by Gasteiger charge is -2.05. The molecular weight excluding hydrogens is 214 g/mol. The minimum absolute atomic E-state index is 0.450. The molecule has 3 rings (SSSR count). The van der Waals surface area contributed by atoms with Crippen LogP contribution in [0, 0.1) is 0 Å². The van der Waals surface area contributed by atoms with Gasteiger partial charge in [-0.15, -0.1) is 0 Å². The number of fused-ring (bicyclic) bond motifs is 3. The van der Waals surface area contributed by atoms with E-state index in [0.717, 1.165) is 16.3 Å². The van der Waals surface area contributed by atoms with E-state index in [1.165, 1.54) is 0 Å². The van der Waals surface area contributed by atoms with E-state index >= 15 is 0 Å². The number of pyridine rings is 2. The van der Waals surface area contributed by atoms with Gasteiger partial charge in [-0.25, -0.2) is 0 Å². The fourth-order valence-corrected chi connectivity index (χ4v) is 1.98. The van der Waals surface area contributed by atoms with Crippen LogP contribution >= 0.6 is 0 Å². The van der Waals surface area contributed by atoms with E-state index in [0.29, 0.717) is 11.1 Å². The molecule has 0 fully saturated rings. The van der Waals surface area contributed by atoms with Crippen LogP contribution in [0.2, 0.25) is 0 Å². The van der Waals surface area contributed by atoms with Gasteiger partial charge >= 0.3 is 0 Å². The van der Waals surface area contributed by atoms with Crippen LogP contribution in [-0.4, -0.2) is 15.9 Å². The molecule has 0 aliphatic carbocycles. The number of aromatic nitrogens is 2. The lowest BCUT2D eigenvalue weighted by Crippen LogP contribution is -2.11. The molecule has 17 heavy (non-hydrogen) atoms. The van der Waals surface area contributed by atoms with Gasteiger partial charge in [0.2, 0.25) is 5.91 Å². The first-order valence-electron chi connectivity index (χ1n) is 5.19. The molecular formula is C13H9N3O.